The third-order valence-corrected chi connectivity index (χ3v) is 5.23. The summed E-state index contributed by atoms with van der Waals surface area (Å²) in [6.07, 6.45) is 8.81. The van der Waals surface area contributed by atoms with Gasteiger partial charge in [-0.3, -0.25) is 14.3 Å². The lowest BCUT2D eigenvalue weighted by atomic mass is 9.91. The van der Waals surface area contributed by atoms with Crippen LogP contribution < -0.4 is 20.1 Å². The number of carbonyl (C=O) groups is 2. The molecule has 0 aliphatic heterocycles. The largest absolute Gasteiger partial charge is 0.496 e. The van der Waals surface area contributed by atoms with E-state index in [4.69, 9.17) is 14.2 Å². The van der Waals surface area contributed by atoms with Crippen LogP contribution in [0.4, 0.5) is 5.69 Å². The first-order chi connectivity index (χ1) is 14.8. The number of ether oxygens (including phenoxy) is 3. The average molecular weight is 426 g/mol. The Balaban J connectivity index is 1.80. The quantitative estimate of drug-likeness (QED) is 0.686. The predicted octanol–water partition coefficient (Wildman–Crippen LogP) is 2.06. The molecule has 1 aromatic carbocycles. The van der Waals surface area contributed by atoms with Gasteiger partial charge in [-0.05, 0) is 25.1 Å². The van der Waals surface area contributed by atoms with E-state index in [2.05, 4.69) is 15.7 Å². The van der Waals surface area contributed by atoms with E-state index in [9.17, 15) is 9.59 Å². The van der Waals surface area contributed by atoms with Crippen molar-refractivity contribution in [2.24, 2.45) is 7.05 Å². The van der Waals surface area contributed by atoms with Crippen molar-refractivity contribution in [1.82, 2.24) is 15.1 Å². The number of anilines is 1. The number of benzene rings is 1. The molecule has 0 saturated heterocycles. The van der Waals surface area contributed by atoms with E-state index in [-0.39, 0.29) is 0 Å². The first kappa shape index (κ1) is 22.1. The fraction of sp³-hybridized carbons (Fsp3) is 0.318. The third-order valence-electron chi connectivity index (χ3n) is 5.23. The minimum atomic E-state index is -0.797. The number of nitrogens with one attached hydrogen (secondary N) is 2. The maximum Gasteiger partial charge on any atom is 0.313 e. The summed E-state index contributed by atoms with van der Waals surface area (Å²) in [6, 6.07) is 4.57. The van der Waals surface area contributed by atoms with Crippen LogP contribution in [-0.4, -0.2) is 54.6 Å². The minimum absolute atomic E-state index is 0.424. The number of hydrogen-bond donors (Lipinski definition) is 2. The van der Waals surface area contributed by atoms with E-state index in [1.807, 2.05) is 19.1 Å². The zero-order chi connectivity index (χ0) is 22.6. The number of nitrogens with zero attached hydrogens (tertiary/aromatic N) is 2. The Morgan fingerprint density at radius 1 is 1.10 bits per heavy atom. The Hall–Kier alpha value is -3.59. The van der Waals surface area contributed by atoms with Crippen LogP contribution in [-0.2, 0) is 21.4 Å². The number of aromatic nitrogens is 2. The fourth-order valence-electron chi connectivity index (χ4n) is 3.34. The van der Waals surface area contributed by atoms with Gasteiger partial charge in [0, 0.05) is 25.4 Å². The van der Waals surface area contributed by atoms with Gasteiger partial charge in [0.15, 0.2) is 5.75 Å². The highest BCUT2D eigenvalue weighted by Crippen LogP contribution is 2.37. The van der Waals surface area contributed by atoms with Crippen molar-refractivity contribution in [3.63, 3.8) is 0 Å². The summed E-state index contributed by atoms with van der Waals surface area (Å²) in [5.41, 5.74) is 1.01. The second-order valence-corrected chi connectivity index (χ2v) is 7.14. The first-order valence-corrected chi connectivity index (χ1v) is 9.60. The van der Waals surface area contributed by atoms with E-state index in [0.717, 1.165) is 0 Å². The minimum Gasteiger partial charge on any atom is -0.496 e. The van der Waals surface area contributed by atoms with Crippen molar-refractivity contribution in [1.29, 1.82) is 0 Å². The zero-order valence-corrected chi connectivity index (χ0v) is 18.1. The molecule has 1 heterocycles. The maximum atomic E-state index is 12.5. The van der Waals surface area contributed by atoms with Gasteiger partial charge in [0.25, 0.3) is 0 Å². The van der Waals surface area contributed by atoms with Gasteiger partial charge >= 0.3 is 11.8 Å². The van der Waals surface area contributed by atoms with Crippen molar-refractivity contribution in [2.45, 2.75) is 18.6 Å². The first-order valence-electron chi connectivity index (χ1n) is 9.60. The summed E-state index contributed by atoms with van der Waals surface area (Å²) >= 11 is 0. The number of hydrogen-bond acceptors (Lipinski definition) is 6. The van der Waals surface area contributed by atoms with E-state index in [1.165, 1.54) is 0 Å². The molecule has 1 aromatic heterocycles. The molecule has 2 amide bonds. The van der Waals surface area contributed by atoms with Crippen LogP contribution in [0.3, 0.4) is 0 Å². The number of methoxy groups -OCH3 is 3. The topological polar surface area (TPSA) is 104 Å². The summed E-state index contributed by atoms with van der Waals surface area (Å²) in [6.45, 7) is 1.83. The zero-order valence-electron chi connectivity index (χ0n) is 18.1. The molecule has 0 radical (unpaired) electrons. The van der Waals surface area contributed by atoms with Gasteiger partial charge in [0.1, 0.15) is 17.0 Å². The predicted molar refractivity (Wildman–Crippen MR) is 116 cm³/mol. The van der Waals surface area contributed by atoms with E-state index >= 15 is 0 Å². The van der Waals surface area contributed by atoms with Crippen molar-refractivity contribution < 1.29 is 23.8 Å². The molecule has 0 saturated carbocycles. The Morgan fingerprint density at radius 3 is 2.52 bits per heavy atom. The van der Waals surface area contributed by atoms with Gasteiger partial charge in [-0.2, -0.15) is 5.10 Å². The highest BCUT2D eigenvalue weighted by molar-refractivity contribution is 6.39. The van der Waals surface area contributed by atoms with Crippen LogP contribution >= 0.6 is 0 Å². The highest BCUT2D eigenvalue weighted by atomic mass is 16.5. The molecule has 9 nitrogen and oxygen atoms in total. The molecule has 9 heteroatoms. The van der Waals surface area contributed by atoms with Crippen LogP contribution in [0.2, 0.25) is 0 Å². The van der Waals surface area contributed by atoms with E-state index in [0.29, 0.717) is 28.4 Å². The van der Waals surface area contributed by atoms with E-state index < -0.39 is 23.5 Å². The number of amides is 2. The molecule has 2 atom stereocenters. The van der Waals surface area contributed by atoms with Crippen LogP contribution in [0, 0.1) is 0 Å². The number of rotatable bonds is 6. The summed E-state index contributed by atoms with van der Waals surface area (Å²) in [5, 5.41) is 9.53. The second kappa shape index (κ2) is 9.05. The highest BCUT2D eigenvalue weighted by Gasteiger charge is 2.34. The maximum absolute atomic E-state index is 12.5. The fourth-order valence-corrected chi connectivity index (χ4v) is 3.34. The normalized spacial score (nSPS) is 19.7. The Bertz CT molecular complexity index is 1040. The number of aryl methyl sites for hydroxylation is 1. The molecule has 2 aromatic rings. The smallest absolute Gasteiger partial charge is 0.313 e. The lowest BCUT2D eigenvalue weighted by Gasteiger charge is -2.34. The lowest BCUT2D eigenvalue weighted by molar-refractivity contribution is -0.137. The van der Waals surface area contributed by atoms with Crippen LogP contribution in [0.1, 0.15) is 6.92 Å². The Labute approximate surface area is 180 Å². The lowest BCUT2D eigenvalue weighted by Crippen LogP contribution is -2.53. The molecule has 1 aliphatic rings. The molecule has 2 unspecified atom stereocenters. The monoisotopic (exact) mass is 426 g/mol. The van der Waals surface area contributed by atoms with Crippen molar-refractivity contribution in [3.05, 3.63) is 48.7 Å². The van der Waals surface area contributed by atoms with Crippen molar-refractivity contribution in [3.8, 4) is 22.8 Å². The van der Waals surface area contributed by atoms with Crippen LogP contribution in [0.25, 0.3) is 11.3 Å². The molecule has 3 rings (SSSR count). The van der Waals surface area contributed by atoms with Crippen LogP contribution in [0.15, 0.2) is 48.7 Å². The standard InChI is InChI=1S/C22H26N4O5/c1-22(31-5)11-7-6-8-18(22)25-21(28)20(27)24-14-9-10-16(29-3)15(12-14)19-17(30-4)13-23-26(19)2/h6-13,18H,1-5H3,(H,24,27)(H,25,28). The third kappa shape index (κ3) is 4.46. The van der Waals surface area contributed by atoms with Crippen LogP contribution in [0.5, 0.6) is 11.5 Å². The molecule has 0 bridgehead atoms. The van der Waals surface area contributed by atoms with Gasteiger partial charge in [-0.25, -0.2) is 0 Å². The van der Waals surface area contributed by atoms with Gasteiger partial charge in [-0.1, -0.05) is 24.3 Å². The number of carbonyl (C=O) groups excluding carboxylic acids is 2. The van der Waals surface area contributed by atoms with Gasteiger partial charge < -0.3 is 24.8 Å². The second-order valence-electron chi connectivity index (χ2n) is 7.14. The van der Waals surface area contributed by atoms with Crippen molar-refractivity contribution >= 4 is 17.5 Å². The van der Waals surface area contributed by atoms with Gasteiger partial charge in [0.2, 0.25) is 0 Å². The molecule has 0 fully saturated rings. The number of allylic oxidation sites excluding steroid dienone is 2. The molecule has 1 aliphatic carbocycles. The Kier molecular flexibility index (Phi) is 6.45. The molecule has 164 valence electrons. The average Bonchev–Trinajstić information content (AvgIpc) is 3.15. The molecule has 2 N–H and O–H groups in total. The molecule has 31 heavy (non-hydrogen) atoms. The Morgan fingerprint density at radius 2 is 1.84 bits per heavy atom. The molecular formula is C22H26N4O5. The molecular weight excluding hydrogens is 400 g/mol. The molecule has 0 spiro atoms. The summed E-state index contributed by atoms with van der Waals surface area (Å²) in [5.74, 6) is -0.449. The van der Waals surface area contributed by atoms with E-state index in [1.54, 1.807) is 69.6 Å². The van der Waals surface area contributed by atoms with Gasteiger partial charge in [-0.15, -0.1) is 0 Å². The van der Waals surface area contributed by atoms with Gasteiger partial charge in [0.05, 0.1) is 26.5 Å². The summed E-state index contributed by atoms with van der Waals surface area (Å²) in [7, 11) is 6.42. The summed E-state index contributed by atoms with van der Waals surface area (Å²) in [4.78, 5) is 25.1. The SMILES string of the molecule is COc1ccc(NC(=O)C(=O)NC2C=CC=CC2(C)OC)cc1-c1c(OC)cnn1C. The van der Waals surface area contributed by atoms with Crippen molar-refractivity contribution in [2.75, 3.05) is 26.6 Å². The summed E-state index contributed by atoms with van der Waals surface area (Å²) < 4.78 is 18.0.